The monoisotopic (exact) mass is 634 g/mol. The molecule has 4 nitrogen and oxygen atoms in total. The minimum absolute atomic E-state index is 0.0788. The predicted octanol–water partition coefficient (Wildman–Crippen LogP) is 10.6. The molecule has 0 saturated carbocycles. The van der Waals surface area contributed by atoms with Crippen molar-refractivity contribution in [2.45, 2.75) is 90.4 Å². The van der Waals surface area contributed by atoms with E-state index < -0.39 is 0 Å². The lowest BCUT2D eigenvalue weighted by Crippen LogP contribution is -2.28. The summed E-state index contributed by atoms with van der Waals surface area (Å²) in [6, 6.07) is 34.0. The molecular formula is C44H50N4. The molecule has 0 N–H and O–H groups in total. The van der Waals surface area contributed by atoms with Crippen LogP contribution < -0.4 is 9.80 Å². The number of anilines is 4. The molecule has 0 bridgehead atoms. The number of aryl methyl sites for hydroxylation is 2. The van der Waals surface area contributed by atoms with E-state index in [0.717, 1.165) is 50.4 Å². The summed E-state index contributed by atoms with van der Waals surface area (Å²) in [5.41, 5.74) is 11.7. The minimum atomic E-state index is -0.193. The zero-order chi connectivity index (χ0) is 33.7. The second-order valence-corrected chi connectivity index (χ2v) is 15.9. The predicted molar refractivity (Wildman–Crippen MR) is 201 cm³/mol. The number of aromatic nitrogens is 2. The van der Waals surface area contributed by atoms with E-state index in [0.29, 0.717) is 0 Å². The van der Waals surface area contributed by atoms with Crippen molar-refractivity contribution in [3.05, 3.63) is 142 Å². The standard InChI is InChI=1S/C44H50N4/c1-42(2,3)34-21-23-45-40(29-34)47-25-11-13-31-17-19-35(27-38(31)47)44(6,7)36-20-18-32-14-12-26-48(39(32)28-36)41-30-37(22-24-46-41)43(4,5)33-15-9-8-10-16-33/h8-10,15-24,27-30H,11-14,25-26H2,1-7H3. The first-order valence-electron chi connectivity index (χ1n) is 17.7. The Morgan fingerprint density at radius 3 is 1.46 bits per heavy atom. The normalized spacial score (nSPS) is 15.2. The molecule has 0 spiro atoms. The van der Waals surface area contributed by atoms with Crippen LogP contribution in [0.3, 0.4) is 0 Å². The van der Waals surface area contributed by atoms with Crippen LogP contribution in [0, 0.1) is 0 Å². The first-order valence-corrected chi connectivity index (χ1v) is 17.7. The molecule has 7 rings (SSSR count). The number of nitrogens with zero attached hydrogens (tertiary/aromatic N) is 4. The summed E-state index contributed by atoms with van der Waals surface area (Å²) in [7, 11) is 0. The molecule has 3 aromatic carbocycles. The van der Waals surface area contributed by atoms with Gasteiger partial charge in [-0.15, -0.1) is 0 Å². The van der Waals surface area contributed by atoms with Crippen LogP contribution in [0.5, 0.6) is 0 Å². The fraction of sp³-hybridized carbons (Fsp3) is 0.364. The van der Waals surface area contributed by atoms with Crippen molar-refractivity contribution in [2.24, 2.45) is 0 Å². The molecule has 0 unspecified atom stereocenters. The highest BCUT2D eigenvalue weighted by atomic mass is 15.2. The molecule has 0 aliphatic carbocycles. The van der Waals surface area contributed by atoms with Gasteiger partial charge in [0.25, 0.3) is 0 Å². The third kappa shape index (κ3) is 5.91. The van der Waals surface area contributed by atoms with Crippen LogP contribution in [0.2, 0.25) is 0 Å². The zero-order valence-corrected chi connectivity index (χ0v) is 29.8. The van der Waals surface area contributed by atoms with Gasteiger partial charge in [-0.25, -0.2) is 9.97 Å². The molecule has 0 atom stereocenters. The Morgan fingerprint density at radius 1 is 0.479 bits per heavy atom. The maximum absolute atomic E-state index is 4.94. The van der Waals surface area contributed by atoms with E-state index in [4.69, 9.17) is 9.97 Å². The Morgan fingerprint density at radius 2 is 0.938 bits per heavy atom. The first kappa shape index (κ1) is 32.1. The van der Waals surface area contributed by atoms with E-state index in [1.54, 1.807) is 0 Å². The SMILES string of the molecule is CC(C)(C)c1ccnc(N2CCCc3ccc(C(C)(C)c4ccc5c(c4)N(c4cc(C(C)(C)c6ccccc6)ccn4)CCC5)cc32)c1. The fourth-order valence-electron chi connectivity index (χ4n) is 7.58. The largest absolute Gasteiger partial charge is 0.326 e. The maximum atomic E-state index is 4.94. The highest BCUT2D eigenvalue weighted by Crippen LogP contribution is 2.43. The summed E-state index contributed by atoms with van der Waals surface area (Å²) >= 11 is 0. The minimum Gasteiger partial charge on any atom is -0.326 e. The van der Waals surface area contributed by atoms with E-state index in [1.165, 1.54) is 50.3 Å². The Kier molecular flexibility index (Phi) is 8.18. The quantitative estimate of drug-likeness (QED) is 0.186. The molecule has 2 aliphatic rings. The van der Waals surface area contributed by atoms with E-state index in [-0.39, 0.29) is 16.2 Å². The third-order valence-corrected chi connectivity index (χ3v) is 11.0. The molecule has 4 heterocycles. The van der Waals surface area contributed by atoms with Gasteiger partial charge in [0.05, 0.1) is 0 Å². The molecule has 5 aromatic rings. The average molecular weight is 635 g/mol. The van der Waals surface area contributed by atoms with E-state index in [2.05, 4.69) is 149 Å². The van der Waals surface area contributed by atoms with Gasteiger partial charge in [-0.3, -0.25) is 0 Å². The van der Waals surface area contributed by atoms with E-state index >= 15 is 0 Å². The lowest BCUT2D eigenvalue weighted by Gasteiger charge is -2.36. The van der Waals surface area contributed by atoms with Crippen molar-refractivity contribution in [3.8, 4) is 0 Å². The number of benzene rings is 3. The summed E-state index contributed by atoms with van der Waals surface area (Å²) in [5.74, 6) is 2.08. The van der Waals surface area contributed by atoms with Crippen molar-refractivity contribution < 1.29 is 0 Å². The van der Waals surface area contributed by atoms with Gasteiger partial charge in [-0.1, -0.05) is 103 Å². The maximum Gasteiger partial charge on any atom is 0.133 e. The van der Waals surface area contributed by atoms with Crippen molar-refractivity contribution in [1.29, 1.82) is 0 Å². The Labute approximate surface area is 287 Å². The molecule has 0 saturated heterocycles. The number of hydrogen-bond donors (Lipinski definition) is 0. The van der Waals surface area contributed by atoms with Gasteiger partial charge in [-0.2, -0.15) is 0 Å². The highest BCUT2D eigenvalue weighted by molar-refractivity contribution is 5.70. The molecule has 2 aliphatic heterocycles. The summed E-state index contributed by atoms with van der Waals surface area (Å²) in [6.45, 7) is 18.1. The van der Waals surface area contributed by atoms with Crippen LogP contribution in [0.15, 0.2) is 103 Å². The van der Waals surface area contributed by atoms with E-state index in [9.17, 15) is 0 Å². The van der Waals surface area contributed by atoms with Crippen molar-refractivity contribution >= 4 is 23.0 Å². The molecule has 0 radical (unpaired) electrons. The summed E-state index contributed by atoms with van der Waals surface area (Å²) < 4.78 is 0. The molecular weight excluding hydrogens is 585 g/mol. The van der Waals surface area contributed by atoms with Gasteiger partial charge in [0.1, 0.15) is 11.6 Å². The van der Waals surface area contributed by atoms with Gasteiger partial charge in [0, 0.05) is 47.7 Å². The highest BCUT2D eigenvalue weighted by Gasteiger charge is 2.30. The first-order chi connectivity index (χ1) is 22.9. The fourth-order valence-corrected chi connectivity index (χ4v) is 7.58. The number of rotatable bonds is 6. The molecule has 4 heteroatoms. The van der Waals surface area contributed by atoms with Gasteiger partial charge >= 0.3 is 0 Å². The number of pyridine rings is 2. The van der Waals surface area contributed by atoms with Crippen LogP contribution in [-0.4, -0.2) is 23.1 Å². The number of hydrogen-bond acceptors (Lipinski definition) is 4. The smallest absolute Gasteiger partial charge is 0.133 e. The lowest BCUT2D eigenvalue weighted by molar-refractivity contribution is 0.589. The second kappa shape index (κ2) is 12.2. The summed E-state index contributed by atoms with van der Waals surface area (Å²) in [5, 5.41) is 0. The van der Waals surface area contributed by atoms with Gasteiger partial charge in [-0.05, 0) is 106 Å². The van der Waals surface area contributed by atoms with Crippen LogP contribution >= 0.6 is 0 Å². The Hall–Kier alpha value is -4.44. The summed E-state index contributed by atoms with van der Waals surface area (Å²) in [4.78, 5) is 14.7. The third-order valence-electron chi connectivity index (χ3n) is 11.0. The lowest BCUT2D eigenvalue weighted by atomic mass is 9.76. The van der Waals surface area contributed by atoms with Gasteiger partial charge < -0.3 is 9.80 Å². The van der Waals surface area contributed by atoms with Crippen molar-refractivity contribution in [2.75, 3.05) is 22.9 Å². The number of fused-ring (bicyclic) bond motifs is 2. The zero-order valence-electron chi connectivity index (χ0n) is 29.8. The molecule has 2 aromatic heterocycles. The molecule has 0 fully saturated rings. The Bertz CT molecular complexity index is 1930. The van der Waals surface area contributed by atoms with Gasteiger partial charge in [0.15, 0.2) is 0 Å². The van der Waals surface area contributed by atoms with Crippen LogP contribution in [-0.2, 0) is 29.1 Å². The Balaban J connectivity index is 1.23. The average Bonchev–Trinajstić information content (AvgIpc) is 3.10. The van der Waals surface area contributed by atoms with E-state index in [1.807, 2.05) is 12.4 Å². The molecule has 246 valence electrons. The second-order valence-electron chi connectivity index (χ2n) is 15.9. The van der Waals surface area contributed by atoms with Crippen LogP contribution in [0.4, 0.5) is 23.0 Å². The molecule has 0 amide bonds. The van der Waals surface area contributed by atoms with Gasteiger partial charge in [0.2, 0.25) is 0 Å². The molecule has 48 heavy (non-hydrogen) atoms. The topological polar surface area (TPSA) is 32.3 Å². The van der Waals surface area contributed by atoms with Crippen LogP contribution in [0.25, 0.3) is 0 Å². The van der Waals surface area contributed by atoms with Crippen LogP contribution in [0.1, 0.15) is 100 Å². The van der Waals surface area contributed by atoms with Crippen molar-refractivity contribution in [1.82, 2.24) is 9.97 Å². The summed E-state index contributed by atoms with van der Waals surface area (Å²) in [6.07, 6.45) is 8.42. The van der Waals surface area contributed by atoms with Crippen molar-refractivity contribution in [3.63, 3.8) is 0 Å².